The summed E-state index contributed by atoms with van der Waals surface area (Å²) in [6, 6.07) is 0.115. The minimum Gasteiger partial charge on any atom is -0.427 e. The summed E-state index contributed by atoms with van der Waals surface area (Å²) in [5.74, 6) is 0.549. The number of aliphatic hydroxyl groups excluding tert-OH is 1. The number of Topliss-reactive ketones (excluding diaryl/α,β-unsaturated/α-hetero) is 1. The third-order valence-electron chi connectivity index (χ3n) is 7.77. The number of carbonyl (C=O) groups excluding carboxylic acids is 3. The molecule has 3 rings (SSSR count). The molecule has 2 aliphatic rings. The molecule has 11 nitrogen and oxygen atoms in total. The number of imidazole rings is 1. The van der Waals surface area contributed by atoms with E-state index < -0.39 is 12.6 Å². The molecule has 3 N–H and O–H groups in total. The first-order chi connectivity index (χ1) is 21.8. The molecule has 0 aliphatic carbocycles. The maximum Gasteiger partial charge on any atom is 0.311 e. The molecule has 0 amide bonds. The van der Waals surface area contributed by atoms with Gasteiger partial charge in [0, 0.05) is 51.4 Å². The molecule has 3 heterocycles. The third-order valence-corrected chi connectivity index (χ3v) is 7.77. The number of ketones is 1. The number of esters is 1. The zero-order valence-corrected chi connectivity index (χ0v) is 29.7. The Morgan fingerprint density at radius 1 is 1.13 bits per heavy atom. The van der Waals surface area contributed by atoms with Gasteiger partial charge < -0.3 is 34.4 Å². The van der Waals surface area contributed by atoms with Crippen LogP contribution in [-0.4, -0.2) is 70.3 Å². The summed E-state index contributed by atoms with van der Waals surface area (Å²) in [5.41, 5.74) is 6.40. The van der Waals surface area contributed by atoms with Crippen LogP contribution in [0.4, 0.5) is 0 Å². The van der Waals surface area contributed by atoms with Gasteiger partial charge in [-0.05, 0) is 71.3 Å². The maximum absolute atomic E-state index is 11.8. The molecule has 46 heavy (non-hydrogen) atoms. The molecular weight excluding hydrogens is 590 g/mol. The molecule has 2 fully saturated rings. The van der Waals surface area contributed by atoms with E-state index in [0.717, 1.165) is 56.6 Å². The van der Waals surface area contributed by atoms with E-state index in [9.17, 15) is 14.4 Å². The maximum atomic E-state index is 11.8. The van der Waals surface area contributed by atoms with Crippen LogP contribution in [0.25, 0.3) is 0 Å². The molecule has 1 aromatic heterocycles. The van der Waals surface area contributed by atoms with Crippen molar-refractivity contribution in [2.45, 2.75) is 150 Å². The fourth-order valence-electron chi connectivity index (χ4n) is 4.79. The lowest BCUT2D eigenvalue weighted by Crippen LogP contribution is -2.38. The second-order valence-electron chi connectivity index (χ2n) is 12.4. The Hall–Kier alpha value is -2.60. The number of hydrogen-bond acceptors (Lipinski definition) is 10. The summed E-state index contributed by atoms with van der Waals surface area (Å²) in [4.78, 5) is 37.5. The van der Waals surface area contributed by atoms with Crippen LogP contribution in [0.1, 0.15) is 119 Å². The van der Waals surface area contributed by atoms with E-state index in [1.165, 1.54) is 12.8 Å². The zero-order valence-electron chi connectivity index (χ0n) is 29.7. The second-order valence-corrected chi connectivity index (χ2v) is 12.4. The molecule has 11 heteroatoms. The first-order valence-corrected chi connectivity index (χ1v) is 16.9. The molecule has 266 valence electrons. The van der Waals surface area contributed by atoms with Gasteiger partial charge in [-0.3, -0.25) is 14.4 Å². The third kappa shape index (κ3) is 22.8. The van der Waals surface area contributed by atoms with Gasteiger partial charge in [-0.1, -0.05) is 46.1 Å². The number of nitrogens with two attached hydrogens (primary N) is 1. The van der Waals surface area contributed by atoms with E-state index in [4.69, 9.17) is 25.1 Å². The highest BCUT2D eigenvalue weighted by Gasteiger charge is 2.22. The predicted molar refractivity (Wildman–Crippen MR) is 179 cm³/mol. The zero-order chi connectivity index (χ0) is 34.9. The fourth-order valence-corrected chi connectivity index (χ4v) is 4.79. The van der Waals surface area contributed by atoms with Gasteiger partial charge >= 0.3 is 5.97 Å². The highest BCUT2D eigenvalue weighted by Crippen LogP contribution is 2.18. The van der Waals surface area contributed by atoms with E-state index in [-0.39, 0.29) is 29.8 Å². The van der Waals surface area contributed by atoms with Crippen molar-refractivity contribution >= 4 is 18.2 Å². The number of carbonyl (C=O) groups is 3. The molecule has 1 aromatic rings. The van der Waals surface area contributed by atoms with Crippen molar-refractivity contribution in [3.63, 3.8) is 0 Å². The largest absolute Gasteiger partial charge is 0.427 e. The molecule has 2 saturated heterocycles. The predicted octanol–water partition coefficient (Wildman–Crippen LogP) is 6.02. The van der Waals surface area contributed by atoms with E-state index in [1.54, 1.807) is 19.4 Å². The summed E-state index contributed by atoms with van der Waals surface area (Å²) in [6.07, 6.45) is 15.9. The van der Waals surface area contributed by atoms with E-state index in [0.29, 0.717) is 31.8 Å². The Morgan fingerprint density at radius 3 is 2.28 bits per heavy atom. The van der Waals surface area contributed by atoms with Crippen LogP contribution in [0.3, 0.4) is 0 Å². The summed E-state index contributed by atoms with van der Waals surface area (Å²) in [6.45, 7) is 14.9. The molecule has 3 unspecified atom stereocenters. The minimum absolute atomic E-state index is 0.115. The van der Waals surface area contributed by atoms with Crippen molar-refractivity contribution in [2.24, 2.45) is 24.6 Å². The second kappa shape index (κ2) is 26.5. The highest BCUT2D eigenvalue weighted by atomic mass is 16.7. The first-order valence-electron chi connectivity index (χ1n) is 16.9. The molecule has 0 bridgehead atoms. The number of ether oxygens (including phenoxy) is 4. The summed E-state index contributed by atoms with van der Waals surface area (Å²) in [5, 5.41) is 8.95. The van der Waals surface area contributed by atoms with Crippen molar-refractivity contribution in [2.75, 3.05) is 6.61 Å². The van der Waals surface area contributed by atoms with Gasteiger partial charge in [0.05, 0.1) is 24.5 Å². The normalized spacial score (nSPS) is 23.9. The van der Waals surface area contributed by atoms with Crippen LogP contribution in [0.2, 0.25) is 0 Å². The number of rotatable bonds is 13. The molecule has 2 aliphatic heterocycles. The number of hydrogen-bond donors (Lipinski definition) is 2. The minimum atomic E-state index is -0.789. The Balaban J connectivity index is 0.000000702. The quantitative estimate of drug-likeness (QED) is 0.0849. The van der Waals surface area contributed by atoms with Crippen molar-refractivity contribution in [1.29, 1.82) is 0 Å². The first kappa shape index (κ1) is 43.4. The monoisotopic (exact) mass is 653 g/mol. The number of allylic oxidation sites excluding steroid dienone is 2. The standard InChI is InChI=1S/C18H30O5.C7H14O.C6H13NO2.C4H6N2/c1-5-14(3)16(20)12-10-8-7-9-11-15(4)18(21)23-17(6-2)22-13-19;1-6-3-4-8-7(2)5-6;1-4-2-5(7)3-6(8)9-4;1-6-3-2-5-4-6/h5,13,15,17H,6-12H2,1-4H3;6-7H,3-5H2,1-2H3;4-6,8H,2-3,7H2,1H3;2-4H,1H3/b14-5+;;;/t15?,17-;6-,7-;4?,5?,6-;/m101./s1. The SMILES string of the molecule is C/C=C(\C)C(=O)CCCCCCC(C)C(=O)O[C@H](CC)OC=O.CC1CC(N)C[C@H](O)O1.C[C@H]1CCO[C@@H](C)C1.Cn1ccnc1. The average Bonchev–Trinajstić information content (AvgIpc) is 3.48. The summed E-state index contributed by atoms with van der Waals surface area (Å²) < 4.78 is 22.0. The van der Waals surface area contributed by atoms with Gasteiger partial charge in [0.2, 0.25) is 6.29 Å². The smallest absolute Gasteiger partial charge is 0.311 e. The van der Waals surface area contributed by atoms with Crippen molar-refractivity contribution in [3.8, 4) is 0 Å². The molecule has 0 spiro atoms. The van der Waals surface area contributed by atoms with Crippen molar-refractivity contribution in [1.82, 2.24) is 9.55 Å². The molecule has 0 radical (unpaired) electrons. The van der Waals surface area contributed by atoms with Gasteiger partial charge in [0.25, 0.3) is 6.47 Å². The van der Waals surface area contributed by atoms with Crippen LogP contribution >= 0.6 is 0 Å². The van der Waals surface area contributed by atoms with E-state index in [1.807, 2.05) is 51.6 Å². The molecule has 0 aromatic carbocycles. The van der Waals surface area contributed by atoms with Crippen LogP contribution < -0.4 is 5.73 Å². The van der Waals surface area contributed by atoms with Gasteiger partial charge in [-0.2, -0.15) is 0 Å². The Kier molecular flexibility index (Phi) is 25.0. The van der Waals surface area contributed by atoms with Crippen LogP contribution in [0.15, 0.2) is 30.4 Å². The van der Waals surface area contributed by atoms with E-state index >= 15 is 0 Å². The number of nitrogens with zero attached hydrogens (tertiary/aromatic N) is 2. The number of unbranched alkanes of at least 4 members (excludes halogenated alkanes) is 3. The van der Waals surface area contributed by atoms with Crippen molar-refractivity contribution < 1.29 is 38.4 Å². The van der Waals surface area contributed by atoms with Crippen LogP contribution in [0, 0.1) is 11.8 Å². The van der Waals surface area contributed by atoms with Crippen LogP contribution in [0.5, 0.6) is 0 Å². The van der Waals surface area contributed by atoms with E-state index in [2.05, 4.69) is 23.6 Å². The van der Waals surface area contributed by atoms with Gasteiger partial charge in [0.1, 0.15) is 0 Å². The molecule has 0 saturated carbocycles. The highest BCUT2D eigenvalue weighted by molar-refractivity contribution is 5.94. The van der Waals surface area contributed by atoms with Gasteiger partial charge in [-0.15, -0.1) is 0 Å². The molecular formula is C35H63N3O8. The number of aliphatic hydroxyl groups is 1. The summed E-state index contributed by atoms with van der Waals surface area (Å²) in [7, 11) is 1.94. The van der Waals surface area contributed by atoms with Crippen LogP contribution in [-0.2, 0) is 40.4 Å². The topological polar surface area (TPSA) is 152 Å². The Labute approximate surface area is 277 Å². The summed E-state index contributed by atoms with van der Waals surface area (Å²) >= 11 is 0. The van der Waals surface area contributed by atoms with Crippen molar-refractivity contribution in [3.05, 3.63) is 30.4 Å². The molecule has 7 atom stereocenters. The van der Waals surface area contributed by atoms with Gasteiger partial charge in [0.15, 0.2) is 12.1 Å². The lowest BCUT2D eigenvalue weighted by Gasteiger charge is -2.28. The fraction of sp³-hybridized carbons (Fsp3) is 0.771. The Bertz CT molecular complexity index is 923. The Morgan fingerprint density at radius 2 is 1.83 bits per heavy atom. The average molecular weight is 654 g/mol. The number of aryl methyl sites for hydroxylation is 1. The lowest BCUT2D eigenvalue weighted by atomic mass is 9.99. The number of aromatic nitrogens is 2. The van der Waals surface area contributed by atoms with Gasteiger partial charge in [-0.25, -0.2) is 4.98 Å². The lowest BCUT2D eigenvalue weighted by molar-refractivity contribution is -0.183.